The molecule has 0 saturated carbocycles. The topological polar surface area (TPSA) is 227 Å². The molecule has 5 amide bonds. The van der Waals surface area contributed by atoms with Crippen molar-refractivity contribution in [3.8, 4) is 0 Å². The van der Waals surface area contributed by atoms with E-state index in [0.29, 0.717) is 19.4 Å². The monoisotopic (exact) mass is 634 g/mol. The summed E-state index contributed by atoms with van der Waals surface area (Å²) in [6.45, 7) is 3.49. The van der Waals surface area contributed by atoms with Crippen LogP contribution < -0.4 is 38.5 Å². The van der Waals surface area contributed by atoms with Crippen LogP contribution in [0.1, 0.15) is 44.2 Å². The van der Waals surface area contributed by atoms with Crippen LogP contribution in [0.5, 0.6) is 0 Å². The summed E-state index contributed by atoms with van der Waals surface area (Å²) in [5.74, 6) is -3.26. The van der Waals surface area contributed by atoms with E-state index in [-0.39, 0.29) is 25.2 Å². The molecule has 0 radical (unpaired) electrons. The van der Waals surface area contributed by atoms with Crippen LogP contribution in [0.2, 0.25) is 0 Å². The van der Waals surface area contributed by atoms with Gasteiger partial charge in [-0.1, -0.05) is 62.4 Å². The van der Waals surface area contributed by atoms with E-state index >= 15 is 0 Å². The van der Waals surface area contributed by atoms with Gasteiger partial charge in [-0.05, 0) is 55.3 Å². The summed E-state index contributed by atoms with van der Waals surface area (Å²) in [5, 5.41) is 11.6. The molecule has 1 aromatic heterocycles. The molecule has 13 nitrogen and oxygen atoms in total. The zero-order valence-electron chi connectivity index (χ0n) is 26.4. The number of aromatic nitrogens is 1. The van der Waals surface area contributed by atoms with Crippen molar-refractivity contribution in [3.63, 3.8) is 0 Å². The van der Waals surface area contributed by atoms with E-state index in [2.05, 4.69) is 26.3 Å². The van der Waals surface area contributed by atoms with Crippen LogP contribution in [0.15, 0.2) is 60.8 Å². The Morgan fingerprint density at radius 3 is 2.15 bits per heavy atom. The predicted molar refractivity (Wildman–Crippen MR) is 176 cm³/mol. The number of nitrogens with two attached hydrogens (primary N) is 3. The molecule has 4 atom stereocenters. The molecular formula is C33H46N8O5. The highest BCUT2D eigenvalue weighted by atomic mass is 16.2. The quantitative estimate of drug-likeness (QED) is 0.0901. The summed E-state index contributed by atoms with van der Waals surface area (Å²) in [5.41, 5.74) is 19.9. The molecule has 0 saturated heterocycles. The highest BCUT2D eigenvalue weighted by molar-refractivity contribution is 5.95. The predicted octanol–water partition coefficient (Wildman–Crippen LogP) is 0.121. The second-order valence-corrected chi connectivity index (χ2v) is 11.7. The average Bonchev–Trinajstić information content (AvgIpc) is 3.44. The Morgan fingerprint density at radius 2 is 1.48 bits per heavy atom. The van der Waals surface area contributed by atoms with Gasteiger partial charge in [0.25, 0.3) is 0 Å². The Labute approximate surface area is 268 Å². The van der Waals surface area contributed by atoms with Gasteiger partial charge < -0.3 is 43.5 Å². The minimum Gasteiger partial charge on any atom is -0.368 e. The van der Waals surface area contributed by atoms with Crippen LogP contribution in [-0.2, 0) is 36.8 Å². The summed E-state index contributed by atoms with van der Waals surface area (Å²) >= 11 is 0. The standard InChI is InChI=1S/C33H46N8O5/c1-20(2)29(30(36)43)41-33(46)27(16-21-10-4-3-5-11-21)40-32(45)26(14-8-9-15-34)39-28(42)19-38-31(44)24(35)17-22-18-37-25-13-7-6-12-23(22)25/h3-7,10-13,18,20,24,26-27,29,37H,8-9,14-17,19,34-35H2,1-2H3,(H2,36,43)(H,38,44)(H,39,42)(H,40,45)(H,41,46)/t24-,26-,27-,29-/m0/s1. The number of fused-ring (bicyclic) bond motifs is 1. The molecule has 13 heteroatoms. The van der Waals surface area contributed by atoms with Crippen molar-refractivity contribution in [2.75, 3.05) is 13.1 Å². The van der Waals surface area contributed by atoms with Gasteiger partial charge >= 0.3 is 0 Å². The zero-order valence-corrected chi connectivity index (χ0v) is 26.4. The first-order valence-corrected chi connectivity index (χ1v) is 15.5. The largest absolute Gasteiger partial charge is 0.368 e. The van der Waals surface area contributed by atoms with E-state index in [4.69, 9.17) is 17.2 Å². The van der Waals surface area contributed by atoms with Crippen molar-refractivity contribution >= 4 is 40.4 Å². The molecule has 0 unspecified atom stereocenters. The molecule has 3 aromatic rings. The Morgan fingerprint density at radius 1 is 0.804 bits per heavy atom. The first kappa shape index (κ1) is 35.7. The van der Waals surface area contributed by atoms with Gasteiger partial charge in [0.15, 0.2) is 0 Å². The summed E-state index contributed by atoms with van der Waals surface area (Å²) in [7, 11) is 0. The maximum absolute atomic E-state index is 13.5. The van der Waals surface area contributed by atoms with Gasteiger partial charge in [-0.3, -0.25) is 24.0 Å². The lowest BCUT2D eigenvalue weighted by Gasteiger charge is -2.26. The first-order valence-electron chi connectivity index (χ1n) is 15.5. The van der Waals surface area contributed by atoms with E-state index < -0.39 is 60.2 Å². The maximum atomic E-state index is 13.5. The van der Waals surface area contributed by atoms with Crippen molar-refractivity contribution in [1.29, 1.82) is 0 Å². The maximum Gasteiger partial charge on any atom is 0.243 e. The van der Waals surface area contributed by atoms with E-state index in [1.807, 2.05) is 54.6 Å². The van der Waals surface area contributed by atoms with Crippen LogP contribution in [0.4, 0.5) is 0 Å². The number of para-hydroxylation sites is 1. The van der Waals surface area contributed by atoms with Gasteiger partial charge in [-0.25, -0.2) is 0 Å². The number of amides is 5. The molecule has 11 N–H and O–H groups in total. The third kappa shape index (κ3) is 10.7. The lowest BCUT2D eigenvalue weighted by Crippen LogP contribution is -2.58. The van der Waals surface area contributed by atoms with Crippen LogP contribution >= 0.6 is 0 Å². The third-order valence-corrected chi connectivity index (χ3v) is 7.66. The van der Waals surface area contributed by atoms with Gasteiger partial charge in [0, 0.05) is 23.5 Å². The van der Waals surface area contributed by atoms with Crippen LogP contribution in [-0.4, -0.2) is 71.8 Å². The highest BCUT2D eigenvalue weighted by Crippen LogP contribution is 2.18. The molecular weight excluding hydrogens is 588 g/mol. The van der Waals surface area contributed by atoms with Gasteiger partial charge in [0.2, 0.25) is 29.5 Å². The number of carbonyl (C=O) groups is 5. The molecule has 1 heterocycles. The Bertz CT molecular complexity index is 1470. The van der Waals surface area contributed by atoms with Gasteiger partial charge in [-0.2, -0.15) is 0 Å². The molecule has 0 spiro atoms. The highest BCUT2D eigenvalue weighted by Gasteiger charge is 2.30. The summed E-state index contributed by atoms with van der Waals surface area (Å²) < 4.78 is 0. The third-order valence-electron chi connectivity index (χ3n) is 7.66. The van der Waals surface area contributed by atoms with Crippen molar-refractivity contribution < 1.29 is 24.0 Å². The van der Waals surface area contributed by atoms with Crippen molar-refractivity contribution in [2.24, 2.45) is 23.1 Å². The number of rotatable bonds is 18. The zero-order chi connectivity index (χ0) is 33.6. The number of hydrogen-bond donors (Lipinski definition) is 8. The van der Waals surface area contributed by atoms with E-state index in [0.717, 1.165) is 22.0 Å². The number of benzene rings is 2. The van der Waals surface area contributed by atoms with Crippen LogP contribution in [0.25, 0.3) is 10.9 Å². The van der Waals surface area contributed by atoms with Crippen molar-refractivity contribution in [3.05, 3.63) is 71.9 Å². The normalized spacial score (nSPS) is 13.8. The minimum atomic E-state index is -1.06. The summed E-state index contributed by atoms with van der Waals surface area (Å²) in [6, 6.07) is 12.8. The average molecular weight is 635 g/mol. The second kappa shape index (κ2) is 17.7. The van der Waals surface area contributed by atoms with Crippen LogP contribution in [0, 0.1) is 5.92 Å². The fourth-order valence-electron chi connectivity index (χ4n) is 5.09. The Kier molecular flexibility index (Phi) is 13.7. The van der Waals surface area contributed by atoms with Gasteiger partial charge in [0.05, 0.1) is 12.6 Å². The molecule has 0 bridgehead atoms. The number of hydrogen-bond acceptors (Lipinski definition) is 7. The number of carbonyl (C=O) groups excluding carboxylic acids is 5. The molecule has 0 aliphatic rings. The molecule has 3 rings (SSSR count). The molecule has 2 aromatic carbocycles. The van der Waals surface area contributed by atoms with E-state index in [1.165, 1.54) is 0 Å². The van der Waals surface area contributed by atoms with Crippen molar-refractivity contribution in [2.45, 2.75) is 70.1 Å². The first-order chi connectivity index (χ1) is 22.0. The Balaban J connectivity index is 1.65. The van der Waals surface area contributed by atoms with E-state index in [9.17, 15) is 24.0 Å². The summed E-state index contributed by atoms with van der Waals surface area (Å²) in [6.07, 6.45) is 3.59. The molecule has 46 heavy (non-hydrogen) atoms. The SMILES string of the molecule is CC(C)[C@H](NC(=O)[C@H](Cc1ccccc1)NC(=O)[C@H](CCCCN)NC(=O)CNC(=O)[C@@H](N)Cc1c[nH]c2ccccc12)C(N)=O. The minimum absolute atomic E-state index is 0.135. The molecule has 0 aliphatic heterocycles. The van der Waals surface area contributed by atoms with Crippen molar-refractivity contribution in [1.82, 2.24) is 26.3 Å². The summed E-state index contributed by atoms with van der Waals surface area (Å²) in [4.78, 5) is 67.6. The number of unbranched alkanes of at least 4 members (excludes halogenated alkanes) is 1. The smallest absolute Gasteiger partial charge is 0.243 e. The van der Waals surface area contributed by atoms with Crippen LogP contribution in [0.3, 0.4) is 0 Å². The fraction of sp³-hybridized carbons (Fsp3) is 0.424. The van der Waals surface area contributed by atoms with Gasteiger partial charge in [-0.15, -0.1) is 0 Å². The molecule has 0 aliphatic carbocycles. The second-order valence-electron chi connectivity index (χ2n) is 11.7. The van der Waals surface area contributed by atoms with E-state index in [1.54, 1.807) is 20.0 Å². The number of nitrogens with one attached hydrogen (secondary N) is 5. The van der Waals surface area contributed by atoms with Gasteiger partial charge in [0.1, 0.15) is 18.1 Å². The molecule has 0 fully saturated rings. The number of aromatic amines is 1. The number of primary amides is 1. The lowest BCUT2D eigenvalue weighted by molar-refractivity contribution is -0.134. The lowest BCUT2D eigenvalue weighted by atomic mass is 10.0. The fourth-order valence-corrected chi connectivity index (χ4v) is 5.09. The number of H-pyrrole nitrogens is 1. The Hall–Kier alpha value is -4.75. The molecule has 248 valence electrons.